The molecule has 0 saturated heterocycles. The second-order valence-electron chi connectivity index (χ2n) is 10.8. The van der Waals surface area contributed by atoms with Gasteiger partial charge in [-0.05, 0) is 58.2 Å². The highest BCUT2D eigenvalue weighted by molar-refractivity contribution is 5.92. The van der Waals surface area contributed by atoms with Crippen LogP contribution in [0.4, 0.5) is 4.79 Å². The number of carbonyl (C=O) groups is 4. The van der Waals surface area contributed by atoms with Crippen LogP contribution in [0.5, 0.6) is 0 Å². The summed E-state index contributed by atoms with van der Waals surface area (Å²) in [5.41, 5.74) is 0.681. The molecule has 1 rings (SSSR count). The van der Waals surface area contributed by atoms with Crippen LogP contribution < -0.4 is 10.6 Å². The van der Waals surface area contributed by atoms with E-state index in [4.69, 9.17) is 9.47 Å². The molecule has 224 valence electrons. The van der Waals surface area contributed by atoms with Gasteiger partial charge in [0.2, 0.25) is 11.8 Å². The fraction of sp³-hybridized carbons (Fsp3) is 0.613. The van der Waals surface area contributed by atoms with Crippen molar-refractivity contribution in [1.29, 1.82) is 0 Å². The average Bonchev–Trinajstić information content (AvgIpc) is 2.88. The van der Waals surface area contributed by atoms with Crippen LogP contribution >= 0.6 is 0 Å². The Labute approximate surface area is 240 Å². The number of carbonyl (C=O) groups excluding carboxylic acids is 4. The van der Waals surface area contributed by atoms with Crippen molar-refractivity contribution in [1.82, 2.24) is 15.5 Å². The highest BCUT2D eigenvalue weighted by Gasteiger charge is 2.34. The molecule has 0 saturated carbocycles. The molecule has 40 heavy (non-hydrogen) atoms. The molecule has 0 spiro atoms. The first-order chi connectivity index (χ1) is 18.9. The van der Waals surface area contributed by atoms with Crippen LogP contribution in [0.2, 0.25) is 0 Å². The Morgan fingerprint density at radius 3 is 2.35 bits per heavy atom. The minimum absolute atomic E-state index is 0.0149. The molecule has 1 aromatic carbocycles. The van der Waals surface area contributed by atoms with Gasteiger partial charge in [0.15, 0.2) is 0 Å². The van der Waals surface area contributed by atoms with Crippen molar-refractivity contribution in [2.75, 3.05) is 19.7 Å². The van der Waals surface area contributed by atoms with E-state index in [2.05, 4.69) is 24.1 Å². The van der Waals surface area contributed by atoms with E-state index in [1.807, 2.05) is 12.1 Å². The third-order valence-electron chi connectivity index (χ3n) is 6.10. The minimum atomic E-state index is -0.979. The Kier molecular flexibility index (Phi) is 15.7. The Balaban J connectivity index is 3.29. The zero-order valence-electron chi connectivity index (χ0n) is 25.2. The molecule has 0 radical (unpaired) electrons. The summed E-state index contributed by atoms with van der Waals surface area (Å²) in [6.45, 7) is 15.2. The van der Waals surface area contributed by atoms with Gasteiger partial charge in [0.1, 0.15) is 17.7 Å². The summed E-state index contributed by atoms with van der Waals surface area (Å²) < 4.78 is 10.3. The zero-order valence-corrected chi connectivity index (χ0v) is 25.2. The van der Waals surface area contributed by atoms with Gasteiger partial charge in [-0.3, -0.25) is 14.4 Å². The molecule has 0 aliphatic rings. The predicted molar refractivity (Wildman–Crippen MR) is 157 cm³/mol. The first kappa shape index (κ1) is 34.7. The number of hydrogen-bond acceptors (Lipinski definition) is 6. The lowest BCUT2D eigenvalue weighted by molar-refractivity contribution is -0.144. The van der Waals surface area contributed by atoms with E-state index in [1.165, 1.54) is 4.90 Å². The summed E-state index contributed by atoms with van der Waals surface area (Å²) in [5, 5.41) is 5.41. The molecule has 0 aromatic heterocycles. The molecule has 0 aliphatic heterocycles. The average molecular weight is 560 g/mol. The standard InChI is InChI=1S/C31H49N3O6/c1-8-11-12-13-14-15-21-34(29(37)23(4)33-30(38)40-31(5,6)7)27(25-18-16-17-24(9-2)22-25)28(36)32-20-19-26(35)39-10-3/h9,16-18,22-23,27H,2,8,10-15,19-21H2,1,3-7H3,(H,32,36)(H,33,38). The molecule has 1 aromatic rings. The van der Waals surface area contributed by atoms with Gasteiger partial charge in [-0.2, -0.15) is 0 Å². The summed E-state index contributed by atoms with van der Waals surface area (Å²) in [5.74, 6) is -1.24. The van der Waals surface area contributed by atoms with Crippen molar-refractivity contribution in [3.05, 3.63) is 42.0 Å². The smallest absolute Gasteiger partial charge is 0.408 e. The molecule has 2 N–H and O–H groups in total. The van der Waals surface area contributed by atoms with Gasteiger partial charge in [-0.1, -0.05) is 69.9 Å². The minimum Gasteiger partial charge on any atom is -0.466 e. The maximum absolute atomic E-state index is 13.8. The molecule has 2 atom stereocenters. The van der Waals surface area contributed by atoms with Crippen LogP contribution in [0.15, 0.2) is 30.8 Å². The second kappa shape index (κ2) is 18.1. The molecule has 3 amide bonds. The van der Waals surface area contributed by atoms with E-state index in [0.29, 0.717) is 18.5 Å². The predicted octanol–water partition coefficient (Wildman–Crippen LogP) is 5.54. The van der Waals surface area contributed by atoms with E-state index >= 15 is 0 Å². The van der Waals surface area contributed by atoms with Crippen LogP contribution in [0, 0.1) is 0 Å². The molecule has 0 aliphatic carbocycles. The van der Waals surface area contributed by atoms with Crippen LogP contribution in [0.3, 0.4) is 0 Å². The van der Waals surface area contributed by atoms with Crippen molar-refractivity contribution in [3.8, 4) is 0 Å². The normalized spacial score (nSPS) is 12.6. The zero-order chi connectivity index (χ0) is 30.1. The third kappa shape index (κ3) is 13.1. The van der Waals surface area contributed by atoms with Crippen LogP contribution in [-0.2, 0) is 23.9 Å². The third-order valence-corrected chi connectivity index (χ3v) is 6.10. The number of benzene rings is 1. The molecule has 0 fully saturated rings. The van der Waals surface area contributed by atoms with Crippen molar-refractivity contribution in [2.24, 2.45) is 0 Å². The van der Waals surface area contributed by atoms with Crippen molar-refractivity contribution < 1.29 is 28.7 Å². The summed E-state index contributed by atoms with van der Waals surface area (Å²) >= 11 is 0. The fourth-order valence-electron chi connectivity index (χ4n) is 4.17. The first-order valence-electron chi connectivity index (χ1n) is 14.4. The fourth-order valence-corrected chi connectivity index (χ4v) is 4.17. The number of amides is 3. The van der Waals surface area contributed by atoms with E-state index in [-0.39, 0.29) is 19.6 Å². The number of hydrogen-bond donors (Lipinski definition) is 2. The first-order valence-corrected chi connectivity index (χ1v) is 14.4. The number of ether oxygens (including phenoxy) is 2. The lowest BCUT2D eigenvalue weighted by Gasteiger charge is -2.34. The molecule has 9 nitrogen and oxygen atoms in total. The second-order valence-corrected chi connectivity index (χ2v) is 10.8. The summed E-state index contributed by atoms with van der Waals surface area (Å²) in [4.78, 5) is 53.3. The number of nitrogens with one attached hydrogen (secondary N) is 2. The van der Waals surface area contributed by atoms with Gasteiger partial charge in [0, 0.05) is 13.1 Å². The van der Waals surface area contributed by atoms with Gasteiger partial charge in [0.05, 0.1) is 13.0 Å². The van der Waals surface area contributed by atoms with Gasteiger partial charge in [-0.25, -0.2) is 4.79 Å². The summed E-state index contributed by atoms with van der Waals surface area (Å²) in [6, 6.07) is 5.35. The Bertz CT molecular complexity index is 972. The highest BCUT2D eigenvalue weighted by Crippen LogP contribution is 2.25. The number of rotatable bonds is 17. The monoisotopic (exact) mass is 559 g/mol. The summed E-state index contributed by atoms with van der Waals surface area (Å²) in [7, 11) is 0. The maximum atomic E-state index is 13.8. The van der Waals surface area contributed by atoms with Crippen molar-refractivity contribution >= 4 is 30.0 Å². The van der Waals surface area contributed by atoms with Crippen molar-refractivity contribution in [3.63, 3.8) is 0 Å². The summed E-state index contributed by atoms with van der Waals surface area (Å²) in [6.07, 6.45) is 7.00. The van der Waals surface area contributed by atoms with Crippen LogP contribution in [0.1, 0.15) is 104 Å². The topological polar surface area (TPSA) is 114 Å². The largest absolute Gasteiger partial charge is 0.466 e. The van der Waals surface area contributed by atoms with Gasteiger partial charge < -0.3 is 25.0 Å². The van der Waals surface area contributed by atoms with E-state index in [1.54, 1.807) is 52.8 Å². The highest BCUT2D eigenvalue weighted by atomic mass is 16.6. The van der Waals surface area contributed by atoms with Gasteiger partial charge in [0.25, 0.3) is 0 Å². The Morgan fingerprint density at radius 2 is 1.73 bits per heavy atom. The SMILES string of the molecule is C=Cc1cccc(C(C(=O)NCCC(=O)OCC)N(CCCCCCCC)C(=O)C(C)NC(=O)OC(C)(C)C)c1. The van der Waals surface area contributed by atoms with E-state index in [9.17, 15) is 19.2 Å². The lowest BCUT2D eigenvalue weighted by Crippen LogP contribution is -2.52. The van der Waals surface area contributed by atoms with E-state index < -0.39 is 41.6 Å². The van der Waals surface area contributed by atoms with Gasteiger partial charge in [-0.15, -0.1) is 0 Å². The van der Waals surface area contributed by atoms with Crippen molar-refractivity contribution in [2.45, 2.75) is 104 Å². The quantitative estimate of drug-likeness (QED) is 0.191. The van der Waals surface area contributed by atoms with E-state index in [0.717, 1.165) is 37.7 Å². The van der Waals surface area contributed by atoms with Crippen LogP contribution in [-0.4, -0.2) is 60.1 Å². The number of alkyl carbamates (subject to hydrolysis) is 1. The Morgan fingerprint density at radius 1 is 1.05 bits per heavy atom. The lowest BCUT2D eigenvalue weighted by atomic mass is 9.99. The number of unbranched alkanes of at least 4 members (excludes halogenated alkanes) is 5. The molecular weight excluding hydrogens is 510 g/mol. The number of esters is 1. The molecule has 9 heteroatoms. The Hall–Kier alpha value is -3.36. The maximum Gasteiger partial charge on any atom is 0.408 e. The molecule has 0 heterocycles. The van der Waals surface area contributed by atoms with Gasteiger partial charge >= 0.3 is 12.1 Å². The number of nitrogens with zero attached hydrogens (tertiary/aromatic N) is 1. The molecular formula is C31H49N3O6. The molecule has 0 bridgehead atoms. The molecule has 2 unspecified atom stereocenters. The van der Waals surface area contributed by atoms with Crippen LogP contribution in [0.25, 0.3) is 6.08 Å².